The summed E-state index contributed by atoms with van der Waals surface area (Å²) in [7, 11) is 0. The lowest BCUT2D eigenvalue weighted by molar-refractivity contribution is -0.274. The van der Waals surface area contributed by atoms with Crippen molar-refractivity contribution in [2.45, 2.75) is 32.8 Å². The third-order valence-electron chi connectivity index (χ3n) is 2.25. The predicted molar refractivity (Wildman–Crippen MR) is 68.1 cm³/mol. The lowest BCUT2D eigenvalue weighted by Crippen LogP contribution is -2.37. The number of para-hydroxylation sites is 1. The summed E-state index contributed by atoms with van der Waals surface area (Å²) in [5, 5.41) is 5.44. The third-order valence-corrected chi connectivity index (χ3v) is 2.25. The normalized spacial score (nSPS) is 11.5. The standard InChI is InChI=1S/C13H17F3N2O2/c1-9(2)18-12(19)8-17-7-10-5-3-4-6-11(10)20-13(14,15)16/h3-6,9,17H,7-8H2,1-2H3,(H,18,19). The summed E-state index contributed by atoms with van der Waals surface area (Å²) in [5.41, 5.74) is 0.335. The molecule has 0 aliphatic heterocycles. The number of hydrogen-bond acceptors (Lipinski definition) is 3. The van der Waals surface area contributed by atoms with E-state index in [1.807, 2.05) is 13.8 Å². The Morgan fingerprint density at radius 1 is 1.30 bits per heavy atom. The SMILES string of the molecule is CC(C)NC(=O)CNCc1ccccc1OC(F)(F)F. The van der Waals surface area contributed by atoms with Gasteiger partial charge in [0.15, 0.2) is 0 Å². The van der Waals surface area contributed by atoms with E-state index >= 15 is 0 Å². The van der Waals surface area contributed by atoms with Crippen LogP contribution in [0.5, 0.6) is 5.75 Å². The van der Waals surface area contributed by atoms with Gasteiger partial charge in [0.05, 0.1) is 6.54 Å². The maximum atomic E-state index is 12.2. The molecular formula is C13H17F3N2O2. The number of rotatable bonds is 6. The van der Waals surface area contributed by atoms with Crippen molar-refractivity contribution in [3.8, 4) is 5.75 Å². The van der Waals surface area contributed by atoms with Gasteiger partial charge in [0.1, 0.15) is 5.75 Å². The quantitative estimate of drug-likeness (QED) is 0.844. The number of carbonyl (C=O) groups excluding carboxylic acids is 1. The van der Waals surface area contributed by atoms with Crippen molar-refractivity contribution >= 4 is 5.91 Å². The Hall–Kier alpha value is -1.76. The molecule has 0 saturated carbocycles. The van der Waals surface area contributed by atoms with Gasteiger partial charge in [-0.15, -0.1) is 13.2 Å². The zero-order chi connectivity index (χ0) is 15.2. The first-order valence-corrected chi connectivity index (χ1v) is 6.11. The molecule has 7 heteroatoms. The minimum atomic E-state index is -4.73. The molecule has 0 heterocycles. The Balaban J connectivity index is 2.54. The van der Waals surface area contributed by atoms with Crippen molar-refractivity contribution < 1.29 is 22.7 Å². The van der Waals surface area contributed by atoms with E-state index in [9.17, 15) is 18.0 Å². The van der Waals surface area contributed by atoms with Gasteiger partial charge < -0.3 is 15.4 Å². The van der Waals surface area contributed by atoms with Gasteiger partial charge in [0.2, 0.25) is 5.91 Å². The Bertz CT molecular complexity index is 447. The maximum Gasteiger partial charge on any atom is 0.573 e. The monoisotopic (exact) mass is 290 g/mol. The van der Waals surface area contributed by atoms with Crippen molar-refractivity contribution in [1.82, 2.24) is 10.6 Å². The smallest absolute Gasteiger partial charge is 0.405 e. The number of alkyl halides is 3. The van der Waals surface area contributed by atoms with Crippen LogP contribution in [0.25, 0.3) is 0 Å². The fourth-order valence-electron chi connectivity index (χ4n) is 1.56. The number of halogens is 3. The molecule has 1 aromatic carbocycles. The van der Waals surface area contributed by atoms with Gasteiger partial charge >= 0.3 is 6.36 Å². The summed E-state index contributed by atoms with van der Waals surface area (Å²) < 4.78 is 40.5. The van der Waals surface area contributed by atoms with E-state index in [2.05, 4.69) is 15.4 Å². The lowest BCUT2D eigenvalue weighted by atomic mass is 10.2. The average molecular weight is 290 g/mol. The number of carbonyl (C=O) groups is 1. The Labute approximate surface area is 115 Å². The molecule has 0 aliphatic rings. The van der Waals surface area contributed by atoms with Gasteiger partial charge in [-0.25, -0.2) is 0 Å². The maximum absolute atomic E-state index is 12.2. The van der Waals surface area contributed by atoms with Gasteiger partial charge in [-0.05, 0) is 19.9 Å². The summed E-state index contributed by atoms with van der Waals surface area (Å²) in [6.07, 6.45) is -4.73. The highest BCUT2D eigenvalue weighted by Crippen LogP contribution is 2.25. The average Bonchev–Trinajstić information content (AvgIpc) is 2.28. The fraction of sp³-hybridized carbons (Fsp3) is 0.462. The summed E-state index contributed by atoms with van der Waals surface area (Å²) in [6.45, 7) is 3.78. The summed E-state index contributed by atoms with van der Waals surface area (Å²) in [5.74, 6) is -0.481. The lowest BCUT2D eigenvalue weighted by Gasteiger charge is -2.14. The molecule has 0 fully saturated rings. The molecule has 0 spiro atoms. The number of amides is 1. The van der Waals surface area contributed by atoms with Gasteiger partial charge in [0.25, 0.3) is 0 Å². The van der Waals surface area contributed by atoms with Crippen LogP contribution >= 0.6 is 0 Å². The zero-order valence-electron chi connectivity index (χ0n) is 11.3. The second kappa shape index (κ2) is 7.14. The first kappa shape index (κ1) is 16.3. The number of benzene rings is 1. The van der Waals surface area contributed by atoms with Crippen LogP contribution in [-0.4, -0.2) is 24.9 Å². The van der Waals surface area contributed by atoms with Crippen molar-refractivity contribution in [3.05, 3.63) is 29.8 Å². The van der Waals surface area contributed by atoms with E-state index in [4.69, 9.17) is 0 Å². The van der Waals surface area contributed by atoms with Crippen LogP contribution in [0.3, 0.4) is 0 Å². The minimum absolute atomic E-state index is 0.0187. The van der Waals surface area contributed by atoms with E-state index in [0.29, 0.717) is 5.56 Å². The molecule has 0 unspecified atom stereocenters. The molecule has 1 amide bonds. The van der Waals surface area contributed by atoms with Gasteiger partial charge in [-0.1, -0.05) is 18.2 Å². The highest BCUT2D eigenvalue weighted by molar-refractivity contribution is 5.78. The second-order valence-electron chi connectivity index (χ2n) is 4.48. The van der Waals surface area contributed by atoms with Crippen LogP contribution in [0.4, 0.5) is 13.2 Å². The molecule has 20 heavy (non-hydrogen) atoms. The predicted octanol–water partition coefficient (Wildman–Crippen LogP) is 2.20. The van der Waals surface area contributed by atoms with E-state index in [0.717, 1.165) is 0 Å². The molecule has 2 N–H and O–H groups in total. The summed E-state index contributed by atoms with van der Waals surface area (Å²) >= 11 is 0. The molecule has 0 aromatic heterocycles. The van der Waals surface area contributed by atoms with Crippen molar-refractivity contribution in [2.24, 2.45) is 0 Å². The first-order valence-electron chi connectivity index (χ1n) is 6.11. The van der Waals surface area contributed by atoms with Crippen LogP contribution in [0, 0.1) is 0 Å². The molecular weight excluding hydrogens is 273 g/mol. The molecule has 1 aromatic rings. The Morgan fingerprint density at radius 2 is 1.95 bits per heavy atom. The summed E-state index contributed by atoms with van der Waals surface area (Å²) in [6, 6.07) is 5.82. The highest BCUT2D eigenvalue weighted by atomic mass is 19.4. The number of ether oxygens (including phenoxy) is 1. The number of hydrogen-bond donors (Lipinski definition) is 2. The van der Waals surface area contributed by atoms with Crippen molar-refractivity contribution in [3.63, 3.8) is 0 Å². The van der Waals surface area contributed by atoms with Crippen LogP contribution in [0.1, 0.15) is 19.4 Å². The molecule has 0 aliphatic carbocycles. The summed E-state index contributed by atoms with van der Waals surface area (Å²) in [4.78, 5) is 11.4. The Morgan fingerprint density at radius 3 is 2.55 bits per heavy atom. The van der Waals surface area contributed by atoms with Crippen LogP contribution in [0.15, 0.2) is 24.3 Å². The molecule has 4 nitrogen and oxygen atoms in total. The molecule has 0 atom stereocenters. The van der Waals surface area contributed by atoms with E-state index in [1.165, 1.54) is 18.2 Å². The number of nitrogens with one attached hydrogen (secondary N) is 2. The van der Waals surface area contributed by atoms with E-state index in [1.54, 1.807) is 6.07 Å². The molecule has 0 radical (unpaired) electrons. The van der Waals surface area contributed by atoms with Gasteiger partial charge in [-0.2, -0.15) is 0 Å². The Kier molecular flexibility index (Phi) is 5.82. The van der Waals surface area contributed by atoms with Crippen LogP contribution in [0.2, 0.25) is 0 Å². The second-order valence-corrected chi connectivity index (χ2v) is 4.48. The van der Waals surface area contributed by atoms with Gasteiger partial charge in [-0.3, -0.25) is 4.79 Å². The molecule has 112 valence electrons. The zero-order valence-corrected chi connectivity index (χ0v) is 11.3. The van der Waals surface area contributed by atoms with Gasteiger partial charge in [0, 0.05) is 18.2 Å². The third kappa shape index (κ3) is 6.42. The fourth-order valence-corrected chi connectivity index (χ4v) is 1.56. The van der Waals surface area contributed by atoms with Crippen molar-refractivity contribution in [2.75, 3.05) is 6.54 Å². The van der Waals surface area contributed by atoms with E-state index in [-0.39, 0.29) is 30.8 Å². The van der Waals surface area contributed by atoms with Crippen LogP contribution < -0.4 is 15.4 Å². The highest BCUT2D eigenvalue weighted by Gasteiger charge is 2.31. The van der Waals surface area contributed by atoms with Crippen molar-refractivity contribution in [1.29, 1.82) is 0 Å². The van der Waals surface area contributed by atoms with E-state index < -0.39 is 6.36 Å². The first-order chi connectivity index (χ1) is 9.28. The largest absolute Gasteiger partial charge is 0.573 e. The van der Waals surface area contributed by atoms with Crippen LogP contribution in [-0.2, 0) is 11.3 Å². The minimum Gasteiger partial charge on any atom is -0.405 e. The molecule has 0 saturated heterocycles. The molecule has 1 rings (SSSR count). The molecule has 0 bridgehead atoms. The topological polar surface area (TPSA) is 50.4 Å².